The maximum absolute atomic E-state index is 12.6. The van der Waals surface area contributed by atoms with Crippen molar-refractivity contribution in [2.75, 3.05) is 14.2 Å². The number of aromatic hydroxyl groups is 4. The van der Waals surface area contributed by atoms with Crippen LogP contribution in [0.25, 0.3) is 32.7 Å². The van der Waals surface area contributed by atoms with E-state index in [2.05, 4.69) is 0 Å². The Morgan fingerprint density at radius 1 is 0.625 bits per heavy atom. The van der Waals surface area contributed by atoms with Crippen LogP contribution in [0.4, 0.5) is 0 Å². The molecule has 2 atom stereocenters. The summed E-state index contributed by atoms with van der Waals surface area (Å²) in [7, 11) is 2.74. The Hall–Kier alpha value is -4.86. The van der Waals surface area contributed by atoms with Crippen molar-refractivity contribution < 1.29 is 49.0 Å². The summed E-state index contributed by atoms with van der Waals surface area (Å²) in [5.74, 6) is -3.14. The predicted octanol–water partition coefficient (Wildman–Crippen LogP) is 4.70. The van der Waals surface area contributed by atoms with E-state index in [0.29, 0.717) is 34.7 Å². The van der Waals surface area contributed by atoms with Gasteiger partial charge < -0.3 is 39.4 Å². The Balaban J connectivity index is 1.70. The second-order valence-corrected chi connectivity index (χ2v) is 10.2. The average Bonchev–Trinajstić information content (AvgIpc) is 2.87. The first-order chi connectivity index (χ1) is 19.0. The van der Waals surface area contributed by atoms with Crippen molar-refractivity contribution >= 4 is 33.5 Å². The SMILES string of the molecule is COc1cc2cc3c(c(O)c2c(O)c1-c1c(OC)cc2cc4c(c(O)c2c1O)C(=O)O[C@@H](C)C4)C(=O)O[C@@H](C)C3. The van der Waals surface area contributed by atoms with E-state index in [0.717, 1.165) is 0 Å². The van der Waals surface area contributed by atoms with E-state index in [-0.39, 0.29) is 56.7 Å². The number of fused-ring (bicyclic) bond motifs is 4. The molecule has 4 aromatic carbocycles. The quantitative estimate of drug-likeness (QED) is 0.266. The van der Waals surface area contributed by atoms with Crippen LogP contribution >= 0.6 is 0 Å². The van der Waals surface area contributed by atoms with Crippen LogP contribution in [0.1, 0.15) is 45.7 Å². The van der Waals surface area contributed by atoms with Crippen LogP contribution in [0.2, 0.25) is 0 Å². The van der Waals surface area contributed by atoms with Crippen LogP contribution in [-0.2, 0) is 22.3 Å². The molecule has 0 bridgehead atoms. The molecule has 0 aromatic heterocycles. The summed E-state index contributed by atoms with van der Waals surface area (Å²) >= 11 is 0. The Bertz CT molecular complexity index is 1660. The molecule has 6 rings (SSSR count). The fraction of sp³-hybridized carbons (Fsp3) is 0.267. The Labute approximate surface area is 227 Å². The minimum absolute atomic E-state index is 0.0521. The van der Waals surface area contributed by atoms with Gasteiger partial charge in [0.15, 0.2) is 0 Å². The lowest BCUT2D eigenvalue weighted by Gasteiger charge is -2.25. The molecule has 0 saturated carbocycles. The molecule has 4 aromatic rings. The number of rotatable bonds is 3. The average molecular weight is 547 g/mol. The minimum Gasteiger partial charge on any atom is -0.506 e. The number of carbonyl (C=O) groups is 2. The van der Waals surface area contributed by atoms with Crippen molar-refractivity contribution in [2.24, 2.45) is 0 Å². The lowest BCUT2D eigenvalue weighted by molar-refractivity contribution is 0.0286. The third kappa shape index (κ3) is 3.48. The summed E-state index contributed by atoms with van der Waals surface area (Å²) in [6.45, 7) is 3.48. The van der Waals surface area contributed by atoms with Crippen LogP contribution in [0.5, 0.6) is 34.5 Å². The second-order valence-electron chi connectivity index (χ2n) is 10.2. The Morgan fingerprint density at radius 3 is 1.32 bits per heavy atom. The van der Waals surface area contributed by atoms with Gasteiger partial charge in [-0.2, -0.15) is 0 Å². The number of phenolic OH excluding ortho intramolecular Hbond substituents is 4. The van der Waals surface area contributed by atoms with E-state index in [9.17, 15) is 30.0 Å². The van der Waals surface area contributed by atoms with Gasteiger partial charge in [-0.25, -0.2) is 9.59 Å². The first-order valence-electron chi connectivity index (χ1n) is 12.6. The van der Waals surface area contributed by atoms with E-state index in [1.165, 1.54) is 14.2 Å². The van der Waals surface area contributed by atoms with Gasteiger partial charge in [-0.15, -0.1) is 0 Å². The number of hydrogen-bond acceptors (Lipinski definition) is 10. The third-order valence-corrected chi connectivity index (χ3v) is 7.57. The Kier molecular flexibility index (Phi) is 5.62. The molecule has 40 heavy (non-hydrogen) atoms. The molecule has 10 nitrogen and oxygen atoms in total. The van der Waals surface area contributed by atoms with E-state index in [1.807, 2.05) is 0 Å². The second kappa shape index (κ2) is 8.84. The number of cyclic esters (lactones) is 2. The third-order valence-electron chi connectivity index (χ3n) is 7.57. The first-order valence-corrected chi connectivity index (χ1v) is 12.6. The van der Waals surface area contributed by atoms with Crippen LogP contribution in [0.15, 0.2) is 24.3 Å². The normalized spacial score (nSPS) is 18.2. The molecule has 2 aliphatic rings. The number of methoxy groups -OCH3 is 2. The molecular weight excluding hydrogens is 520 g/mol. The van der Waals surface area contributed by atoms with Gasteiger partial charge in [0.25, 0.3) is 0 Å². The lowest BCUT2D eigenvalue weighted by Crippen LogP contribution is -2.25. The molecule has 0 aliphatic carbocycles. The van der Waals surface area contributed by atoms with Gasteiger partial charge in [0.1, 0.15) is 57.8 Å². The van der Waals surface area contributed by atoms with Gasteiger partial charge in [0.05, 0.1) is 36.1 Å². The zero-order chi connectivity index (χ0) is 28.6. The van der Waals surface area contributed by atoms with E-state index >= 15 is 0 Å². The smallest absolute Gasteiger partial charge is 0.342 e. The highest BCUT2D eigenvalue weighted by atomic mass is 16.5. The molecule has 2 aliphatic heterocycles. The molecule has 206 valence electrons. The standard InChI is InChI=1S/C30H26O10/c1-11-5-13-7-15-9-17(37-3)23(27(33)19(15)25(31)21(13)29(35)39-11)24-18(38-4)10-16-8-14-6-12(2)40-30(36)22(14)26(32)20(16)28(24)34/h7-12,31-34H,5-6H2,1-4H3/t11-,12-/m0/s1. The number of ether oxygens (including phenoxy) is 4. The van der Waals surface area contributed by atoms with Gasteiger partial charge in [0, 0.05) is 12.8 Å². The molecule has 0 spiro atoms. The van der Waals surface area contributed by atoms with Crippen molar-refractivity contribution in [3.8, 4) is 45.6 Å². The highest BCUT2D eigenvalue weighted by Crippen LogP contribution is 2.56. The van der Waals surface area contributed by atoms with E-state index in [1.54, 1.807) is 38.1 Å². The molecular formula is C30H26O10. The number of carbonyl (C=O) groups excluding carboxylic acids is 2. The lowest BCUT2D eigenvalue weighted by atomic mass is 9.88. The van der Waals surface area contributed by atoms with Gasteiger partial charge in [0.2, 0.25) is 0 Å². The van der Waals surface area contributed by atoms with Crippen LogP contribution in [-0.4, -0.2) is 58.8 Å². The molecule has 2 heterocycles. The predicted molar refractivity (Wildman–Crippen MR) is 144 cm³/mol. The summed E-state index contributed by atoms with van der Waals surface area (Å²) in [4.78, 5) is 25.3. The molecule has 10 heteroatoms. The van der Waals surface area contributed by atoms with Crippen molar-refractivity contribution in [3.05, 3.63) is 46.5 Å². The zero-order valence-corrected chi connectivity index (χ0v) is 22.1. The fourth-order valence-electron chi connectivity index (χ4n) is 5.90. The van der Waals surface area contributed by atoms with E-state index < -0.39 is 34.9 Å². The largest absolute Gasteiger partial charge is 0.506 e. The number of benzene rings is 4. The fourth-order valence-corrected chi connectivity index (χ4v) is 5.90. The van der Waals surface area contributed by atoms with Crippen molar-refractivity contribution in [1.29, 1.82) is 0 Å². The van der Waals surface area contributed by atoms with Gasteiger partial charge in [-0.05, 0) is 60.0 Å². The highest BCUT2D eigenvalue weighted by Gasteiger charge is 2.34. The summed E-state index contributed by atoms with van der Waals surface area (Å²) < 4.78 is 21.8. The van der Waals surface area contributed by atoms with Crippen LogP contribution in [0, 0.1) is 0 Å². The monoisotopic (exact) mass is 546 g/mol. The minimum atomic E-state index is -0.716. The van der Waals surface area contributed by atoms with Crippen molar-refractivity contribution in [1.82, 2.24) is 0 Å². The molecule has 0 saturated heterocycles. The summed E-state index contributed by atoms with van der Waals surface area (Å²) in [6, 6.07) is 6.47. The molecule has 0 fully saturated rings. The molecule has 4 N–H and O–H groups in total. The summed E-state index contributed by atoms with van der Waals surface area (Å²) in [6.07, 6.45) is -0.0207. The number of phenols is 4. The molecule has 0 unspecified atom stereocenters. The zero-order valence-electron chi connectivity index (χ0n) is 22.1. The first kappa shape index (κ1) is 25.4. The van der Waals surface area contributed by atoms with Crippen molar-refractivity contribution in [2.45, 2.75) is 38.9 Å². The maximum Gasteiger partial charge on any atom is 0.342 e. The highest BCUT2D eigenvalue weighted by molar-refractivity contribution is 6.12. The number of esters is 2. The number of hydrogen-bond donors (Lipinski definition) is 4. The molecule has 0 amide bonds. The van der Waals surface area contributed by atoms with Gasteiger partial charge >= 0.3 is 11.9 Å². The van der Waals surface area contributed by atoms with Crippen LogP contribution in [0.3, 0.4) is 0 Å². The topological polar surface area (TPSA) is 152 Å². The van der Waals surface area contributed by atoms with Crippen LogP contribution < -0.4 is 9.47 Å². The maximum atomic E-state index is 12.6. The summed E-state index contributed by atoms with van der Waals surface area (Å²) in [5, 5.41) is 46.2. The molecule has 0 radical (unpaired) electrons. The summed E-state index contributed by atoms with van der Waals surface area (Å²) in [5.41, 5.74) is 0.891. The van der Waals surface area contributed by atoms with Gasteiger partial charge in [-0.3, -0.25) is 0 Å². The van der Waals surface area contributed by atoms with Gasteiger partial charge in [-0.1, -0.05) is 0 Å². The van der Waals surface area contributed by atoms with E-state index in [4.69, 9.17) is 18.9 Å². The Morgan fingerprint density at radius 2 is 0.975 bits per heavy atom. The van der Waals surface area contributed by atoms with Crippen molar-refractivity contribution in [3.63, 3.8) is 0 Å².